The van der Waals surface area contributed by atoms with Crippen molar-refractivity contribution in [2.75, 3.05) is 13.2 Å². The molecule has 0 bridgehead atoms. The lowest BCUT2D eigenvalue weighted by molar-refractivity contribution is -0.143. The van der Waals surface area contributed by atoms with Crippen molar-refractivity contribution in [3.8, 4) is 17.2 Å². The number of benzene rings is 3. The van der Waals surface area contributed by atoms with Crippen LogP contribution in [0.15, 0.2) is 72.8 Å². The predicted octanol–water partition coefficient (Wildman–Crippen LogP) is 9.91. The predicted molar refractivity (Wildman–Crippen MR) is 181 cm³/mol. The Morgan fingerprint density at radius 1 is 0.667 bits per heavy atom. The average molecular weight is 619 g/mol. The topological polar surface area (TPSA) is 74.2 Å². The van der Waals surface area contributed by atoms with Gasteiger partial charge in [-0.3, -0.25) is 0 Å². The minimum Gasteiger partial charge on any atom is -0.508 e. The Bertz CT molecular complexity index is 1230. The number of carbonyl (C=O) groups excluding carboxylic acids is 1. The van der Waals surface area contributed by atoms with E-state index in [9.17, 15) is 4.79 Å². The van der Waals surface area contributed by atoms with Crippen LogP contribution in [0.25, 0.3) is 0 Å². The molecule has 6 nitrogen and oxygen atoms in total. The number of aromatic hydroxyl groups is 1. The van der Waals surface area contributed by atoms with E-state index in [1.54, 1.807) is 12.1 Å². The lowest BCUT2D eigenvalue weighted by Gasteiger charge is -2.23. The lowest BCUT2D eigenvalue weighted by atomic mass is 9.99. The van der Waals surface area contributed by atoms with Gasteiger partial charge in [0.25, 0.3) is 0 Å². The molecule has 0 radical (unpaired) electrons. The Morgan fingerprint density at radius 3 is 1.53 bits per heavy atom. The molecule has 2 saturated heterocycles. The van der Waals surface area contributed by atoms with E-state index in [2.05, 4.69) is 77.9 Å². The van der Waals surface area contributed by atoms with E-state index >= 15 is 0 Å². The van der Waals surface area contributed by atoms with Crippen LogP contribution in [-0.4, -0.2) is 36.7 Å². The smallest absolute Gasteiger partial charge is 0.347 e. The summed E-state index contributed by atoms with van der Waals surface area (Å²) in [5.41, 5.74) is 3.98. The molecule has 0 spiro atoms. The standard InChI is InChI=1S/C15H22O2.C14H18O3.C10H14O/c1-3-12(2)13-7-9-14(10-8-13)17-15-6-4-5-11-16-15;1-3-10(2)11-4-6-12(7-5-11)17-13-8-9-16-14(13)15;1-3-8(2)9-4-6-10(11)7-5-9/h7-10,12,15H,3-6,11H2,1-2H3;4-7,10,13H,3,8-9H2,1-2H3;4-8,11H,3H2,1-2H3. The highest BCUT2D eigenvalue weighted by atomic mass is 16.7. The molecule has 5 rings (SSSR count). The molecule has 246 valence electrons. The summed E-state index contributed by atoms with van der Waals surface area (Å²) in [6.07, 6.45) is 6.98. The van der Waals surface area contributed by atoms with Crippen LogP contribution in [0.2, 0.25) is 0 Å². The van der Waals surface area contributed by atoms with E-state index in [1.165, 1.54) is 29.5 Å². The Kier molecular flexibility index (Phi) is 15.3. The van der Waals surface area contributed by atoms with Gasteiger partial charge < -0.3 is 24.1 Å². The van der Waals surface area contributed by atoms with Gasteiger partial charge in [0.05, 0.1) is 13.2 Å². The van der Waals surface area contributed by atoms with E-state index < -0.39 is 6.10 Å². The first kappa shape index (κ1) is 36.0. The molecular formula is C39H54O6. The number of ether oxygens (including phenoxy) is 4. The quantitative estimate of drug-likeness (QED) is 0.228. The maximum absolute atomic E-state index is 11.3. The average Bonchev–Trinajstić information content (AvgIpc) is 3.49. The van der Waals surface area contributed by atoms with Gasteiger partial charge in [-0.25, -0.2) is 4.79 Å². The summed E-state index contributed by atoms with van der Waals surface area (Å²) >= 11 is 0. The molecule has 45 heavy (non-hydrogen) atoms. The lowest BCUT2D eigenvalue weighted by Crippen LogP contribution is -2.24. The zero-order valence-corrected chi connectivity index (χ0v) is 28.2. The first-order valence-electron chi connectivity index (χ1n) is 16.8. The number of hydrogen-bond donors (Lipinski definition) is 1. The van der Waals surface area contributed by atoms with Crippen LogP contribution in [0.4, 0.5) is 0 Å². The Labute approximate surface area is 271 Å². The molecule has 0 saturated carbocycles. The number of hydrogen-bond acceptors (Lipinski definition) is 6. The van der Waals surface area contributed by atoms with Crippen molar-refractivity contribution in [3.63, 3.8) is 0 Å². The second-order valence-electron chi connectivity index (χ2n) is 12.1. The van der Waals surface area contributed by atoms with Gasteiger partial charge in [0.1, 0.15) is 17.2 Å². The van der Waals surface area contributed by atoms with E-state index in [1.807, 2.05) is 24.3 Å². The Morgan fingerprint density at radius 2 is 1.13 bits per heavy atom. The summed E-state index contributed by atoms with van der Waals surface area (Å²) in [5, 5.41) is 9.01. The fourth-order valence-electron chi connectivity index (χ4n) is 4.96. The van der Waals surface area contributed by atoms with Crippen LogP contribution in [0.5, 0.6) is 17.2 Å². The molecule has 0 amide bonds. The second kappa shape index (κ2) is 19.1. The van der Waals surface area contributed by atoms with Crippen LogP contribution in [0.1, 0.15) is 121 Å². The van der Waals surface area contributed by atoms with E-state index in [0.29, 0.717) is 36.5 Å². The zero-order valence-electron chi connectivity index (χ0n) is 28.2. The Hall–Kier alpha value is -3.51. The summed E-state index contributed by atoms with van der Waals surface area (Å²) in [7, 11) is 0. The minimum atomic E-state index is -0.426. The van der Waals surface area contributed by atoms with Crippen molar-refractivity contribution in [1.82, 2.24) is 0 Å². The number of phenolic OH excluding ortho intramolecular Hbond substituents is 1. The maximum Gasteiger partial charge on any atom is 0.347 e. The number of carbonyl (C=O) groups is 1. The summed E-state index contributed by atoms with van der Waals surface area (Å²) in [4.78, 5) is 11.3. The largest absolute Gasteiger partial charge is 0.508 e. The molecule has 5 atom stereocenters. The molecule has 1 N–H and O–H groups in total. The highest BCUT2D eigenvalue weighted by Gasteiger charge is 2.28. The SMILES string of the molecule is CCC(C)c1ccc(O)cc1.CCC(C)c1ccc(OC2CCCCO2)cc1.CCC(C)c1ccc(OC2CCOC2=O)cc1. The van der Waals surface area contributed by atoms with Gasteiger partial charge >= 0.3 is 5.97 Å². The summed E-state index contributed by atoms with van der Waals surface area (Å²) in [6.45, 7) is 14.5. The van der Waals surface area contributed by atoms with Crippen LogP contribution >= 0.6 is 0 Å². The highest BCUT2D eigenvalue weighted by molar-refractivity contribution is 5.76. The molecule has 2 fully saturated rings. The molecule has 6 heteroatoms. The summed E-state index contributed by atoms with van der Waals surface area (Å²) in [5.74, 6) is 3.52. The second-order valence-corrected chi connectivity index (χ2v) is 12.1. The third kappa shape index (κ3) is 12.1. The Balaban J connectivity index is 0.000000189. The third-order valence-corrected chi connectivity index (χ3v) is 8.77. The van der Waals surface area contributed by atoms with Gasteiger partial charge in [0.15, 0.2) is 12.4 Å². The van der Waals surface area contributed by atoms with Gasteiger partial charge in [-0.2, -0.15) is 0 Å². The highest BCUT2D eigenvalue weighted by Crippen LogP contribution is 2.25. The van der Waals surface area contributed by atoms with Crippen molar-refractivity contribution in [3.05, 3.63) is 89.5 Å². The van der Waals surface area contributed by atoms with E-state index in [-0.39, 0.29) is 12.3 Å². The van der Waals surface area contributed by atoms with Crippen molar-refractivity contribution in [2.45, 2.75) is 117 Å². The molecular weight excluding hydrogens is 564 g/mol. The van der Waals surface area contributed by atoms with E-state index in [0.717, 1.165) is 43.8 Å². The number of rotatable bonds is 10. The molecule has 5 unspecified atom stereocenters. The number of esters is 1. The van der Waals surface area contributed by atoms with Crippen LogP contribution in [0.3, 0.4) is 0 Å². The van der Waals surface area contributed by atoms with Crippen LogP contribution in [0, 0.1) is 0 Å². The molecule has 0 aliphatic carbocycles. The van der Waals surface area contributed by atoms with E-state index in [4.69, 9.17) is 24.1 Å². The fraction of sp³-hybridized carbons (Fsp3) is 0.513. The third-order valence-electron chi connectivity index (χ3n) is 8.77. The van der Waals surface area contributed by atoms with Crippen molar-refractivity contribution < 1.29 is 28.8 Å². The van der Waals surface area contributed by atoms with Crippen LogP contribution in [-0.2, 0) is 14.3 Å². The summed E-state index contributed by atoms with van der Waals surface area (Å²) < 4.78 is 21.8. The molecule has 2 aliphatic rings. The van der Waals surface area contributed by atoms with Crippen molar-refractivity contribution >= 4 is 5.97 Å². The first-order valence-corrected chi connectivity index (χ1v) is 16.8. The monoisotopic (exact) mass is 618 g/mol. The van der Waals surface area contributed by atoms with Crippen LogP contribution < -0.4 is 9.47 Å². The normalized spacial score (nSPS) is 19.5. The van der Waals surface area contributed by atoms with Gasteiger partial charge in [-0.05, 0) is 103 Å². The zero-order chi connectivity index (χ0) is 32.6. The fourth-order valence-corrected chi connectivity index (χ4v) is 4.96. The summed E-state index contributed by atoms with van der Waals surface area (Å²) in [6, 6.07) is 23.8. The van der Waals surface area contributed by atoms with Gasteiger partial charge in [0, 0.05) is 12.8 Å². The molecule has 0 aromatic heterocycles. The number of cyclic esters (lactones) is 1. The molecule has 3 aromatic carbocycles. The number of phenols is 1. The minimum absolute atomic E-state index is 0.0433. The van der Waals surface area contributed by atoms with Gasteiger partial charge in [-0.1, -0.05) is 77.9 Å². The van der Waals surface area contributed by atoms with Gasteiger partial charge in [0.2, 0.25) is 0 Å². The van der Waals surface area contributed by atoms with Crippen molar-refractivity contribution in [2.24, 2.45) is 0 Å². The maximum atomic E-state index is 11.3. The molecule has 2 heterocycles. The van der Waals surface area contributed by atoms with Crippen molar-refractivity contribution in [1.29, 1.82) is 0 Å². The van der Waals surface area contributed by atoms with Gasteiger partial charge in [-0.15, -0.1) is 0 Å². The molecule has 2 aliphatic heterocycles. The first-order chi connectivity index (χ1) is 21.7. The molecule has 3 aromatic rings.